The molecule has 0 aliphatic heterocycles. The Morgan fingerprint density at radius 3 is 2.78 bits per heavy atom. The summed E-state index contributed by atoms with van der Waals surface area (Å²) in [5.74, 6) is -0.504. The zero-order valence-electron chi connectivity index (χ0n) is 9.75. The quantitative estimate of drug-likeness (QED) is 0.668. The Labute approximate surface area is 112 Å². The fourth-order valence-corrected chi connectivity index (χ4v) is 1.85. The highest BCUT2D eigenvalue weighted by Crippen LogP contribution is 2.28. The van der Waals surface area contributed by atoms with E-state index >= 15 is 0 Å². The maximum Gasteiger partial charge on any atom is 0.311 e. The molecule has 0 aliphatic carbocycles. The van der Waals surface area contributed by atoms with Crippen LogP contribution in [0.5, 0.6) is 0 Å². The summed E-state index contributed by atoms with van der Waals surface area (Å²) < 4.78 is 30.3. The number of alkyl halides is 3. The van der Waals surface area contributed by atoms with Crippen LogP contribution < -0.4 is 5.73 Å². The Kier molecular flexibility index (Phi) is 5.46. The van der Waals surface area contributed by atoms with Gasteiger partial charge in [-0.2, -0.15) is 0 Å². The number of carbonyl (C=O) groups is 1. The molecule has 1 rings (SSSR count). The normalized spacial score (nSPS) is 10.7. The summed E-state index contributed by atoms with van der Waals surface area (Å²) in [6.45, 7) is 1.91. The fourth-order valence-electron chi connectivity index (χ4n) is 1.42. The van der Waals surface area contributed by atoms with Gasteiger partial charge in [-0.1, -0.05) is 15.9 Å². The summed E-state index contributed by atoms with van der Waals surface area (Å²) in [4.78, 5) is 15.3. The van der Waals surface area contributed by atoms with Gasteiger partial charge in [0.05, 0.1) is 30.1 Å². The SMILES string of the molecule is CCOC(=O)Cc1cc(C(F)F)c(N)c(CBr)n1. The lowest BCUT2D eigenvalue weighted by Gasteiger charge is -2.11. The standard InChI is InChI=1S/C11H13BrF2N2O2/c1-2-18-9(17)4-6-3-7(11(13)14)10(15)8(5-12)16-6/h3,11H,2,4-5,15H2,1H3. The molecule has 1 heterocycles. The van der Waals surface area contributed by atoms with Gasteiger partial charge in [-0.3, -0.25) is 9.78 Å². The second kappa shape index (κ2) is 6.63. The minimum Gasteiger partial charge on any atom is -0.466 e. The summed E-state index contributed by atoms with van der Waals surface area (Å²) in [6, 6.07) is 1.14. The minimum absolute atomic E-state index is 0.0468. The molecular weight excluding hydrogens is 310 g/mol. The van der Waals surface area contributed by atoms with Crippen molar-refractivity contribution in [2.24, 2.45) is 0 Å². The van der Waals surface area contributed by atoms with Gasteiger partial charge in [0, 0.05) is 10.9 Å². The molecule has 18 heavy (non-hydrogen) atoms. The zero-order valence-corrected chi connectivity index (χ0v) is 11.3. The van der Waals surface area contributed by atoms with E-state index in [4.69, 9.17) is 10.5 Å². The van der Waals surface area contributed by atoms with E-state index in [1.165, 1.54) is 0 Å². The number of nitrogens with two attached hydrogens (primary N) is 1. The van der Waals surface area contributed by atoms with Crippen molar-refractivity contribution in [3.63, 3.8) is 0 Å². The molecule has 100 valence electrons. The molecule has 4 nitrogen and oxygen atoms in total. The number of ether oxygens (including phenoxy) is 1. The summed E-state index contributed by atoms with van der Waals surface area (Å²) in [6.07, 6.45) is -2.85. The molecule has 0 atom stereocenters. The van der Waals surface area contributed by atoms with Gasteiger partial charge in [0.1, 0.15) is 0 Å². The fraction of sp³-hybridized carbons (Fsp3) is 0.455. The molecule has 0 amide bonds. The molecule has 0 bridgehead atoms. The number of rotatable bonds is 5. The largest absolute Gasteiger partial charge is 0.466 e. The van der Waals surface area contributed by atoms with Crippen LogP contribution in [0.3, 0.4) is 0 Å². The lowest BCUT2D eigenvalue weighted by molar-refractivity contribution is -0.142. The Morgan fingerprint density at radius 1 is 1.61 bits per heavy atom. The molecule has 0 spiro atoms. The van der Waals surface area contributed by atoms with Gasteiger partial charge in [-0.25, -0.2) is 8.78 Å². The third-order valence-corrected chi connectivity index (χ3v) is 2.75. The average molecular weight is 323 g/mol. The zero-order chi connectivity index (χ0) is 13.7. The van der Waals surface area contributed by atoms with Crippen LogP contribution in [-0.2, 0) is 21.3 Å². The number of carbonyl (C=O) groups excluding carboxylic acids is 1. The van der Waals surface area contributed by atoms with Crippen molar-refractivity contribution in [2.75, 3.05) is 12.3 Å². The lowest BCUT2D eigenvalue weighted by atomic mass is 10.1. The first-order valence-corrected chi connectivity index (χ1v) is 6.39. The first kappa shape index (κ1) is 14.8. The van der Waals surface area contributed by atoms with Crippen molar-refractivity contribution in [3.8, 4) is 0 Å². The molecule has 0 saturated heterocycles. The third-order valence-electron chi connectivity index (χ3n) is 2.22. The highest BCUT2D eigenvalue weighted by atomic mass is 79.9. The predicted octanol–water partition coefficient (Wildman–Crippen LogP) is 2.60. The number of anilines is 1. The maximum absolute atomic E-state index is 12.8. The molecule has 0 aliphatic rings. The molecule has 0 unspecified atom stereocenters. The van der Waals surface area contributed by atoms with Crippen LogP contribution in [-0.4, -0.2) is 17.6 Å². The van der Waals surface area contributed by atoms with Crippen molar-refractivity contribution in [2.45, 2.75) is 25.1 Å². The van der Waals surface area contributed by atoms with E-state index in [1.807, 2.05) is 0 Å². The number of halogens is 3. The Bertz CT molecular complexity index is 441. The summed E-state index contributed by atoms with van der Waals surface area (Å²) in [7, 11) is 0. The van der Waals surface area contributed by atoms with Crippen molar-refractivity contribution < 1.29 is 18.3 Å². The van der Waals surface area contributed by atoms with E-state index in [1.54, 1.807) is 6.92 Å². The van der Waals surface area contributed by atoms with Gasteiger partial charge in [0.25, 0.3) is 6.43 Å². The average Bonchev–Trinajstić information content (AvgIpc) is 2.31. The molecule has 0 saturated carbocycles. The molecule has 0 radical (unpaired) electrons. The molecule has 7 heteroatoms. The predicted molar refractivity (Wildman–Crippen MR) is 66.6 cm³/mol. The number of pyridine rings is 1. The van der Waals surface area contributed by atoms with Crippen molar-refractivity contribution in [1.29, 1.82) is 0 Å². The van der Waals surface area contributed by atoms with Gasteiger partial charge in [0.2, 0.25) is 0 Å². The number of hydrogen-bond acceptors (Lipinski definition) is 4. The topological polar surface area (TPSA) is 65.2 Å². The van der Waals surface area contributed by atoms with E-state index < -0.39 is 12.4 Å². The second-order valence-corrected chi connectivity index (χ2v) is 4.04. The van der Waals surface area contributed by atoms with E-state index in [2.05, 4.69) is 20.9 Å². The van der Waals surface area contributed by atoms with Crippen LogP contribution in [0.2, 0.25) is 0 Å². The summed E-state index contributed by atoms with van der Waals surface area (Å²) in [5.41, 5.74) is 5.74. The first-order valence-electron chi connectivity index (χ1n) is 5.27. The number of nitrogen functional groups attached to an aromatic ring is 1. The van der Waals surface area contributed by atoms with Crippen LogP contribution in [0, 0.1) is 0 Å². The van der Waals surface area contributed by atoms with E-state index in [0.717, 1.165) is 6.07 Å². The van der Waals surface area contributed by atoms with Gasteiger partial charge in [-0.05, 0) is 13.0 Å². The number of aromatic nitrogens is 1. The highest BCUT2D eigenvalue weighted by molar-refractivity contribution is 9.08. The summed E-state index contributed by atoms with van der Waals surface area (Å²) >= 11 is 3.12. The lowest BCUT2D eigenvalue weighted by Crippen LogP contribution is -2.11. The molecule has 0 aromatic carbocycles. The first-order chi connectivity index (χ1) is 8.49. The Morgan fingerprint density at radius 2 is 2.28 bits per heavy atom. The minimum atomic E-state index is -2.70. The van der Waals surface area contributed by atoms with E-state index in [0.29, 0.717) is 5.69 Å². The highest BCUT2D eigenvalue weighted by Gasteiger charge is 2.18. The van der Waals surface area contributed by atoms with Crippen LogP contribution in [0.25, 0.3) is 0 Å². The number of hydrogen-bond donors (Lipinski definition) is 1. The molecule has 2 N–H and O–H groups in total. The monoisotopic (exact) mass is 322 g/mol. The third kappa shape index (κ3) is 3.63. The molecular formula is C11H13BrF2N2O2. The Balaban J connectivity index is 3.06. The van der Waals surface area contributed by atoms with Gasteiger partial charge in [-0.15, -0.1) is 0 Å². The molecule has 0 fully saturated rings. The van der Waals surface area contributed by atoms with Crippen LogP contribution in [0.15, 0.2) is 6.07 Å². The van der Waals surface area contributed by atoms with Crippen LogP contribution in [0.1, 0.15) is 30.3 Å². The smallest absolute Gasteiger partial charge is 0.311 e. The van der Waals surface area contributed by atoms with Gasteiger partial charge < -0.3 is 10.5 Å². The number of nitrogens with zero attached hydrogens (tertiary/aromatic N) is 1. The van der Waals surface area contributed by atoms with Crippen LogP contribution in [0.4, 0.5) is 14.5 Å². The van der Waals surface area contributed by atoms with Crippen molar-refractivity contribution in [1.82, 2.24) is 4.98 Å². The van der Waals surface area contributed by atoms with E-state index in [9.17, 15) is 13.6 Å². The Hall–Kier alpha value is -1.24. The summed E-state index contributed by atoms with van der Waals surface area (Å²) in [5, 5.41) is 0.245. The van der Waals surface area contributed by atoms with Crippen molar-refractivity contribution in [3.05, 3.63) is 23.0 Å². The second-order valence-electron chi connectivity index (χ2n) is 3.48. The maximum atomic E-state index is 12.8. The molecule has 1 aromatic heterocycles. The molecule has 1 aromatic rings. The van der Waals surface area contributed by atoms with Gasteiger partial charge in [0.15, 0.2) is 0 Å². The van der Waals surface area contributed by atoms with Gasteiger partial charge >= 0.3 is 5.97 Å². The van der Waals surface area contributed by atoms with Crippen LogP contribution >= 0.6 is 15.9 Å². The van der Waals surface area contributed by atoms with E-state index in [-0.39, 0.29) is 35.3 Å². The van der Waals surface area contributed by atoms with Crippen molar-refractivity contribution >= 4 is 27.6 Å². The number of esters is 1.